The summed E-state index contributed by atoms with van der Waals surface area (Å²) in [6, 6.07) is 1.71. The topological polar surface area (TPSA) is 153 Å². The van der Waals surface area contributed by atoms with Gasteiger partial charge in [-0.25, -0.2) is 9.59 Å². The van der Waals surface area contributed by atoms with E-state index < -0.39 is 17.0 Å². The summed E-state index contributed by atoms with van der Waals surface area (Å²) >= 11 is 0. The lowest BCUT2D eigenvalue weighted by Gasteiger charge is -2.06. The summed E-state index contributed by atoms with van der Waals surface area (Å²) in [5.41, 5.74) is 9.58. The van der Waals surface area contributed by atoms with E-state index in [0.29, 0.717) is 0 Å². The maximum atomic E-state index is 10.6. The number of nitro groups is 1. The predicted molar refractivity (Wildman–Crippen MR) is 59.5 cm³/mol. The monoisotopic (exact) mass is 239 g/mol. The molecule has 6 N–H and O–H groups in total. The molecule has 9 heteroatoms. The zero-order chi connectivity index (χ0) is 13.0. The Morgan fingerprint density at radius 1 is 1.06 bits per heavy atom. The summed E-state index contributed by atoms with van der Waals surface area (Å²) in [7, 11) is 0. The predicted octanol–water partition coefficient (Wildman–Crippen LogP) is 0.576. The molecule has 0 radical (unpaired) electrons. The number of nitrogens with zero attached hydrogens (tertiary/aromatic N) is 1. The summed E-state index contributed by atoms with van der Waals surface area (Å²) < 4.78 is 0. The van der Waals surface area contributed by atoms with Crippen molar-refractivity contribution in [2.24, 2.45) is 11.5 Å². The molecule has 1 aromatic carbocycles. The molecule has 0 spiro atoms. The Kier molecular flexibility index (Phi) is 3.44. The Balaban J connectivity index is 3.13. The maximum Gasteiger partial charge on any atom is 0.316 e. The number of primary amides is 2. The molecule has 0 heterocycles. The molecule has 0 saturated carbocycles. The summed E-state index contributed by atoms with van der Waals surface area (Å²) in [5, 5.41) is 14.9. The van der Waals surface area contributed by atoms with Gasteiger partial charge in [0.25, 0.3) is 5.69 Å². The van der Waals surface area contributed by atoms with Gasteiger partial charge >= 0.3 is 12.1 Å². The second kappa shape index (κ2) is 4.79. The fraction of sp³-hybridized carbons (Fsp3) is 0. The number of amides is 4. The summed E-state index contributed by atoms with van der Waals surface area (Å²) in [6.45, 7) is 0. The van der Waals surface area contributed by atoms with E-state index in [2.05, 4.69) is 10.6 Å². The van der Waals surface area contributed by atoms with Gasteiger partial charge < -0.3 is 22.1 Å². The van der Waals surface area contributed by atoms with E-state index in [1.165, 1.54) is 6.07 Å². The van der Waals surface area contributed by atoms with E-state index in [4.69, 9.17) is 11.5 Å². The third-order valence-corrected chi connectivity index (χ3v) is 1.66. The zero-order valence-electron chi connectivity index (χ0n) is 8.47. The van der Waals surface area contributed by atoms with Crippen LogP contribution in [0.3, 0.4) is 0 Å². The molecule has 17 heavy (non-hydrogen) atoms. The third kappa shape index (κ3) is 3.66. The minimum absolute atomic E-state index is 0.0791. The quantitative estimate of drug-likeness (QED) is 0.449. The van der Waals surface area contributed by atoms with Crippen LogP contribution >= 0.6 is 0 Å². The van der Waals surface area contributed by atoms with Crippen LogP contribution < -0.4 is 22.1 Å². The van der Waals surface area contributed by atoms with Crippen LogP contribution in [-0.4, -0.2) is 17.0 Å². The largest absolute Gasteiger partial charge is 0.351 e. The number of nitrogens with one attached hydrogen (secondary N) is 2. The lowest BCUT2D eigenvalue weighted by Crippen LogP contribution is -2.21. The highest BCUT2D eigenvalue weighted by Crippen LogP contribution is 2.24. The smallest absolute Gasteiger partial charge is 0.316 e. The van der Waals surface area contributed by atoms with E-state index in [0.717, 1.165) is 12.1 Å². The van der Waals surface area contributed by atoms with Gasteiger partial charge in [-0.1, -0.05) is 0 Å². The molecule has 0 aliphatic rings. The Labute approximate surface area is 94.9 Å². The first-order valence-corrected chi connectivity index (χ1v) is 4.31. The number of anilines is 2. The summed E-state index contributed by atoms with van der Waals surface area (Å²) in [6.07, 6.45) is 0. The number of carbonyl (C=O) groups excluding carboxylic acids is 2. The number of rotatable bonds is 3. The van der Waals surface area contributed by atoms with E-state index >= 15 is 0 Å². The van der Waals surface area contributed by atoms with Crippen molar-refractivity contribution in [1.82, 2.24) is 0 Å². The van der Waals surface area contributed by atoms with Gasteiger partial charge in [-0.15, -0.1) is 0 Å². The van der Waals surface area contributed by atoms with Crippen LogP contribution in [0, 0.1) is 10.1 Å². The van der Waals surface area contributed by atoms with Crippen molar-refractivity contribution < 1.29 is 14.5 Å². The van der Waals surface area contributed by atoms with Crippen molar-refractivity contribution in [3.05, 3.63) is 28.3 Å². The van der Waals surface area contributed by atoms with Gasteiger partial charge in [0.2, 0.25) is 0 Å². The number of benzene rings is 1. The lowest BCUT2D eigenvalue weighted by atomic mass is 10.2. The maximum absolute atomic E-state index is 10.6. The second-order valence-electron chi connectivity index (χ2n) is 3.00. The molecule has 1 rings (SSSR count). The van der Waals surface area contributed by atoms with Crippen LogP contribution in [0.25, 0.3) is 0 Å². The highest BCUT2D eigenvalue weighted by molar-refractivity contribution is 5.92. The van der Waals surface area contributed by atoms with Crippen LogP contribution in [0.1, 0.15) is 0 Å². The average Bonchev–Trinajstić information content (AvgIpc) is 2.14. The molecule has 9 nitrogen and oxygen atoms in total. The SMILES string of the molecule is NC(=O)Nc1cc(NC(N)=O)cc([N+](=O)[O-])c1. The van der Waals surface area contributed by atoms with Crippen molar-refractivity contribution >= 4 is 29.1 Å². The molecule has 0 bridgehead atoms. The number of carbonyl (C=O) groups is 2. The fourth-order valence-corrected chi connectivity index (χ4v) is 1.15. The molecule has 0 atom stereocenters. The van der Waals surface area contributed by atoms with Crippen molar-refractivity contribution in [2.75, 3.05) is 10.6 Å². The van der Waals surface area contributed by atoms with Gasteiger partial charge in [-0.05, 0) is 6.07 Å². The number of non-ortho nitro benzene ring substituents is 1. The number of nitro benzene ring substituents is 1. The Morgan fingerprint density at radius 2 is 1.47 bits per heavy atom. The first-order chi connectivity index (χ1) is 7.88. The standard InChI is InChI=1S/C8H9N5O4/c9-7(14)11-4-1-5(12-8(10)15)3-6(2-4)13(16)17/h1-3H,(H3,9,11,14)(H3,10,12,15). The number of urea groups is 2. The van der Waals surface area contributed by atoms with Crippen LogP contribution in [-0.2, 0) is 0 Å². The number of hydrogen-bond acceptors (Lipinski definition) is 4. The van der Waals surface area contributed by atoms with Crippen LogP contribution in [0.4, 0.5) is 26.7 Å². The second-order valence-corrected chi connectivity index (χ2v) is 3.00. The van der Waals surface area contributed by atoms with Gasteiger partial charge in [0, 0.05) is 12.1 Å². The van der Waals surface area contributed by atoms with Crippen LogP contribution in [0.2, 0.25) is 0 Å². The van der Waals surface area contributed by atoms with E-state index in [1.54, 1.807) is 0 Å². The van der Waals surface area contributed by atoms with Crippen molar-refractivity contribution in [3.8, 4) is 0 Å². The Morgan fingerprint density at radius 3 is 1.76 bits per heavy atom. The zero-order valence-corrected chi connectivity index (χ0v) is 8.47. The molecular formula is C8H9N5O4. The summed E-state index contributed by atoms with van der Waals surface area (Å²) in [5.74, 6) is 0. The highest BCUT2D eigenvalue weighted by Gasteiger charge is 2.11. The van der Waals surface area contributed by atoms with Gasteiger partial charge in [-0.2, -0.15) is 0 Å². The Bertz CT molecular complexity index is 453. The molecule has 90 valence electrons. The van der Waals surface area contributed by atoms with Crippen molar-refractivity contribution in [2.45, 2.75) is 0 Å². The highest BCUT2D eigenvalue weighted by atomic mass is 16.6. The molecule has 4 amide bonds. The minimum atomic E-state index is -0.879. The van der Waals surface area contributed by atoms with Gasteiger partial charge in [0.05, 0.1) is 16.3 Å². The van der Waals surface area contributed by atoms with Crippen molar-refractivity contribution in [3.63, 3.8) is 0 Å². The van der Waals surface area contributed by atoms with Gasteiger partial charge in [0.1, 0.15) is 0 Å². The summed E-state index contributed by atoms with van der Waals surface area (Å²) in [4.78, 5) is 31.1. The molecule has 0 aliphatic heterocycles. The Hall–Kier alpha value is -2.84. The average molecular weight is 239 g/mol. The minimum Gasteiger partial charge on any atom is -0.351 e. The molecule has 0 saturated heterocycles. The molecule has 0 fully saturated rings. The first kappa shape index (κ1) is 12.2. The number of nitrogens with two attached hydrogens (primary N) is 2. The van der Waals surface area contributed by atoms with Gasteiger partial charge in [-0.3, -0.25) is 10.1 Å². The van der Waals surface area contributed by atoms with Gasteiger partial charge in [0.15, 0.2) is 0 Å². The number of hydrogen-bond donors (Lipinski definition) is 4. The fourth-order valence-electron chi connectivity index (χ4n) is 1.15. The molecule has 1 aromatic rings. The van der Waals surface area contributed by atoms with Crippen molar-refractivity contribution in [1.29, 1.82) is 0 Å². The molecule has 0 aliphatic carbocycles. The van der Waals surface area contributed by atoms with E-state index in [1.807, 2.05) is 0 Å². The third-order valence-electron chi connectivity index (χ3n) is 1.66. The first-order valence-electron chi connectivity index (χ1n) is 4.31. The normalized spacial score (nSPS) is 9.41. The van der Waals surface area contributed by atoms with Crippen LogP contribution in [0.15, 0.2) is 18.2 Å². The van der Waals surface area contributed by atoms with E-state index in [9.17, 15) is 19.7 Å². The van der Waals surface area contributed by atoms with Crippen LogP contribution in [0.5, 0.6) is 0 Å². The molecule has 0 unspecified atom stereocenters. The molecule has 0 aromatic heterocycles. The van der Waals surface area contributed by atoms with E-state index in [-0.39, 0.29) is 17.1 Å². The molecular weight excluding hydrogens is 230 g/mol. The lowest BCUT2D eigenvalue weighted by molar-refractivity contribution is -0.384.